The summed E-state index contributed by atoms with van der Waals surface area (Å²) in [6, 6.07) is 1.94. The summed E-state index contributed by atoms with van der Waals surface area (Å²) >= 11 is 5.83. The lowest BCUT2D eigenvalue weighted by Crippen LogP contribution is -2.44. The van der Waals surface area contributed by atoms with Gasteiger partial charge in [0.05, 0.1) is 22.2 Å². The number of piperidine rings is 1. The molecule has 0 aromatic heterocycles. The van der Waals surface area contributed by atoms with Gasteiger partial charge in [-0.3, -0.25) is 9.59 Å². The molecular weight excluding hydrogens is 403 g/mol. The molecule has 1 aliphatic rings. The quantitative estimate of drug-likeness (QED) is 0.729. The number of hydrogen-bond acceptors (Lipinski definition) is 4. The second-order valence-corrected chi connectivity index (χ2v) is 6.77. The molecule has 1 aliphatic heterocycles. The first kappa shape index (κ1) is 21.8. The first-order valence-electron chi connectivity index (χ1n) is 8.41. The highest BCUT2D eigenvalue weighted by atomic mass is 35.5. The highest BCUT2D eigenvalue weighted by Gasteiger charge is 2.32. The van der Waals surface area contributed by atoms with E-state index in [-0.39, 0.29) is 10.7 Å². The van der Waals surface area contributed by atoms with E-state index < -0.39 is 41.7 Å². The van der Waals surface area contributed by atoms with Crippen molar-refractivity contribution in [1.29, 1.82) is 0 Å². The van der Waals surface area contributed by atoms with Crippen LogP contribution in [-0.4, -0.2) is 42.0 Å². The van der Waals surface area contributed by atoms with E-state index in [0.29, 0.717) is 32.0 Å². The molecule has 3 amide bonds. The highest BCUT2D eigenvalue weighted by molar-refractivity contribution is 6.33. The molecule has 2 rings (SSSR count). The fourth-order valence-corrected chi connectivity index (χ4v) is 2.86. The highest BCUT2D eigenvalue weighted by Crippen LogP contribution is 2.34. The zero-order valence-corrected chi connectivity index (χ0v) is 15.6. The van der Waals surface area contributed by atoms with Gasteiger partial charge in [0.25, 0.3) is 5.91 Å². The molecule has 0 spiro atoms. The van der Waals surface area contributed by atoms with Crippen molar-refractivity contribution in [2.45, 2.75) is 32.0 Å². The maximum atomic E-state index is 12.8. The number of anilines is 1. The van der Waals surface area contributed by atoms with Gasteiger partial charge in [-0.25, -0.2) is 4.79 Å². The van der Waals surface area contributed by atoms with Crippen LogP contribution in [-0.2, 0) is 20.5 Å². The average Bonchev–Trinajstić information content (AvgIpc) is 2.62. The van der Waals surface area contributed by atoms with Gasteiger partial charge in [-0.2, -0.15) is 13.2 Å². The van der Waals surface area contributed by atoms with Crippen LogP contribution in [0.2, 0.25) is 5.02 Å². The van der Waals surface area contributed by atoms with E-state index in [1.807, 2.05) is 0 Å². The molecule has 11 heteroatoms. The Morgan fingerprint density at radius 1 is 1.29 bits per heavy atom. The van der Waals surface area contributed by atoms with Gasteiger partial charge in [-0.1, -0.05) is 11.6 Å². The van der Waals surface area contributed by atoms with Gasteiger partial charge in [0.15, 0.2) is 6.10 Å². The molecule has 28 heavy (non-hydrogen) atoms. The minimum atomic E-state index is -4.60. The molecule has 0 saturated carbocycles. The number of halogens is 4. The molecule has 0 bridgehead atoms. The number of ether oxygens (including phenoxy) is 1. The lowest BCUT2D eigenvalue weighted by molar-refractivity contribution is -0.158. The minimum absolute atomic E-state index is 0.0845. The molecule has 1 aromatic rings. The van der Waals surface area contributed by atoms with Crippen LogP contribution in [0.1, 0.15) is 25.3 Å². The van der Waals surface area contributed by atoms with Crippen molar-refractivity contribution in [1.82, 2.24) is 4.90 Å². The Morgan fingerprint density at radius 3 is 2.43 bits per heavy atom. The summed E-state index contributed by atoms with van der Waals surface area (Å²) in [4.78, 5) is 36.9. The molecule has 1 saturated heterocycles. The largest absolute Gasteiger partial charge is 0.452 e. The van der Waals surface area contributed by atoms with Crippen molar-refractivity contribution in [2.75, 3.05) is 18.4 Å². The number of esters is 1. The van der Waals surface area contributed by atoms with Crippen LogP contribution in [0.3, 0.4) is 0 Å². The SMILES string of the molecule is CC(OC(=O)C1CCN(C(N)=O)CC1)C(=O)Nc1cc(C(F)(F)F)ccc1Cl. The summed E-state index contributed by atoms with van der Waals surface area (Å²) in [6.45, 7) is 1.90. The van der Waals surface area contributed by atoms with Gasteiger partial charge in [0.1, 0.15) is 0 Å². The molecule has 0 radical (unpaired) electrons. The van der Waals surface area contributed by atoms with Gasteiger partial charge in [0, 0.05) is 13.1 Å². The summed E-state index contributed by atoms with van der Waals surface area (Å²) < 4.78 is 43.5. The summed E-state index contributed by atoms with van der Waals surface area (Å²) in [6.07, 6.45) is -5.15. The molecule has 1 heterocycles. The molecule has 0 aliphatic carbocycles. The number of hydrogen-bond donors (Lipinski definition) is 2. The van der Waals surface area contributed by atoms with Crippen LogP contribution in [0.15, 0.2) is 18.2 Å². The number of primary amides is 1. The second kappa shape index (κ2) is 8.68. The van der Waals surface area contributed by atoms with Gasteiger partial charge >= 0.3 is 18.2 Å². The standard InChI is InChI=1S/C17H19ClF3N3O4/c1-9(28-15(26)10-4-6-24(7-5-10)16(22)27)14(25)23-13-8-11(17(19,20)21)2-3-12(13)18/h2-3,8-10H,4-7H2,1H3,(H2,22,27)(H,23,25). The molecular formula is C17H19ClF3N3O4. The zero-order chi connectivity index (χ0) is 21.1. The van der Waals surface area contributed by atoms with Gasteiger partial charge < -0.3 is 20.7 Å². The van der Waals surface area contributed by atoms with Crippen LogP contribution in [0.5, 0.6) is 0 Å². The van der Waals surface area contributed by atoms with Gasteiger partial charge in [0.2, 0.25) is 0 Å². The second-order valence-electron chi connectivity index (χ2n) is 6.36. The Labute approximate surface area is 163 Å². The fraction of sp³-hybridized carbons (Fsp3) is 0.471. The number of amides is 3. The topological polar surface area (TPSA) is 102 Å². The van der Waals surface area contributed by atoms with Crippen molar-refractivity contribution in [3.63, 3.8) is 0 Å². The van der Waals surface area contributed by atoms with E-state index in [9.17, 15) is 27.6 Å². The Kier molecular flexibility index (Phi) is 6.76. The first-order chi connectivity index (χ1) is 13.0. The third-order valence-electron chi connectivity index (χ3n) is 4.35. The van der Waals surface area contributed by atoms with E-state index in [4.69, 9.17) is 22.1 Å². The molecule has 154 valence electrons. The van der Waals surface area contributed by atoms with Crippen molar-refractivity contribution in [2.24, 2.45) is 11.7 Å². The predicted octanol–water partition coefficient (Wildman–Crippen LogP) is 3.02. The van der Waals surface area contributed by atoms with Crippen molar-refractivity contribution in [3.05, 3.63) is 28.8 Å². The van der Waals surface area contributed by atoms with E-state index in [0.717, 1.165) is 12.1 Å². The smallest absolute Gasteiger partial charge is 0.416 e. The number of nitrogens with zero attached hydrogens (tertiary/aromatic N) is 1. The summed E-state index contributed by atoms with van der Waals surface area (Å²) in [5.41, 5.74) is 3.96. The number of carbonyl (C=O) groups excluding carboxylic acids is 3. The monoisotopic (exact) mass is 421 g/mol. The maximum Gasteiger partial charge on any atom is 0.416 e. The molecule has 1 fully saturated rings. The zero-order valence-electron chi connectivity index (χ0n) is 14.9. The average molecular weight is 422 g/mol. The number of alkyl halides is 3. The minimum Gasteiger partial charge on any atom is -0.452 e. The van der Waals surface area contributed by atoms with Crippen LogP contribution >= 0.6 is 11.6 Å². The number of urea groups is 1. The Bertz CT molecular complexity index is 765. The molecule has 7 nitrogen and oxygen atoms in total. The molecule has 1 aromatic carbocycles. The summed E-state index contributed by atoms with van der Waals surface area (Å²) in [5, 5.41) is 2.15. The van der Waals surface area contributed by atoms with E-state index in [1.54, 1.807) is 0 Å². The number of carbonyl (C=O) groups is 3. The number of likely N-dealkylation sites (tertiary alicyclic amines) is 1. The number of benzene rings is 1. The Morgan fingerprint density at radius 2 is 1.89 bits per heavy atom. The van der Waals surface area contributed by atoms with Crippen LogP contribution in [0, 0.1) is 5.92 Å². The number of rotatable bonds is 4. The Hall–Kier alpha value is -2.49. The maximum absolute atomic E-state index is 12.8. The summed E-state index contributed by atoms with van der Waals surface area (Å²) in [7, 11) is 0. The van der Waals surface area contributed by atoms with Crippen molar-refractivity contribution >= 4 is 35.2 Å². The predicted molar refractivity (Wildman–Crippen MR) is 94.5 cm³/mol. The van der Waals surface area contributed by atoms with Gasteiger partial charge in [-0.05, 0) is 38.0 Å². The lowest BCUT2D eigenvalue weighted by atomic mass is 9.97. The third kappa shape index (κ3) is 5.51. The molecule has 1 unspecified atom stereocenters. The Balaban J connectivity index is 1.94. The molecule has 1 atom stereocenters. The van der Waals surface area contributed by atoms with Crippen molar-refractivity contribution < 1.29 is 32.3 Å². The van der Waals surface area contributed by atoms with Gasteiger partial charge in [-0.15, -0.1) is 0 Å². The van der Waals surface area contributed by atoms with E-state index in [1.165, 1.54) is 11.8 Å². The van der Waals surface area contributed by atoms with Crippen LogP contribution in [0.25, 0.3) is 0 Å². The van der Waals surface area contributed by atoms with Crippen LogP contribution in [0.4, 0.5) is 23.7 Å². The fourth-order valence-electron chi connectivity index (χ4n) is 2.69. The van der Waals surface area contributed by atoms with E-state index in [2.05, 4.69) is 5.32 Å². The number of nitrogens with two attached hydrogens (primary N) is 1. The molecule has 3 N–H and O–H groups in total. The normalized spacial score (nSPS) is 16.4. The van der Waals surface area contributed by atoms with E-state index >= 15 is 0 Å². The third-order valence-corrected chi connectivity index (χ3v) is 4.68. The van der Waals surface area contributed by atoms with Crippen molar-refractivity contribution in [3.8, 4) is 0 Å². The number of nitrogens with one attached hydrogen (secondary N) is 1. The lowest BCUT2D eigenvalue weighted by Gasteiger charge is -2.30. The summed E-state index contributed by atoms with van der Waals surface area (Å²) in [5.74, 6) is -1.94. The van der Waals surface area contributed by atoms with Crippen LogP contribution < -0.4 is 11.1 Å². The first-order valence-corrected chi connectivity index (χ1v) is 8.79.